The maximum absolute atomic E-state index is 2.40. The fraction of sp³-hybridized carbons (Fsp3) is 0.0769. The highest BCUT2D eigenvalue weighted by atomic mass is 32.1. The zero-order chi connectivity index (χ0) is 28.0. The molecule has 2 heteroatoms. The van der Waals surface area contributed by atoms with Gasteiger partial charge in [0.2, 0.25) is 0 Å². The number of fused-ring (bicyclic) bond motifs is 3. The predicted molar refractivity (Wildman–Crippen MR) is 184 cm³/mol. The van der Waals surface area contributed by atoms with Crippen LogP contribution < -0.4 is 5.19 Å². The van der Waals surface area contributed by atoms with Crippen molar-refractivity contribution in [2.75, 3.05) is 0 Å². The summed E-state index contributed by atoms with van der Waals surface area (Å²) in [6.07, 6.45) is 0. The Morgan fingerprint density at radius 2 is 0.805 bits per heavy atom. The zero-order valence-corrected chi connectivity index (χ0v) is 25.5. The summed E-state index contributed by atoms with van der Waals surface area (Å²) in [6, 6.07) is 51.5. The van der Waals surface area contributed by atoms with E-state index in [1.807, 2.05) is 11.3 Å². The Morgan fingerprint density at radius 3 is 1.34 bits per heavy atom. The fourth-order valence-electron chi connectivity index (χ4n) is 5.64. The molecule has 0 aliphatic rings. The van der Waals surface area contributed by atoms with Gasteiger partial charge in [-0.25, -0.2) is 0 Å². The Kier molecular flexibility index (Phi) is 6.46. The van der Waals surface area contributed by atoms with Gasteiger partial charge in [-0.3, -0.25) is 0 Å². The van der Waals surface area contributed by atoms with Crippen molar-refractivity contribution in [1.29, 1.82) is 0 Å². The normalized spacial score (nSPS) is 11.8. The lowest BCUT2D eigenvalue weighted by atomic mass is 9.96. The molecular weight excluding hydrogens is 529 g/mol. The predicted octanol–water partition coefficient (Wildman–Crippen LogP) is 11.3. The van der Waals surface area contributed by atoms with Crippen molar-refractivity contribution in [3.63, 3.8) is 0 Å². The standard InChI is InChI=1S/C39H32SSi/c1-41(2,3)35-8-6-7-33(25-35)31-19-15-29(16-20-31)27-11-13-28(14-12-27)30-17-21-32(22-18-30)34-23-24-39-37(26-34)36-9-4-5-10-38(36)40-39/h4-26H,1-3H3. The molecule has 0 atom stereocenters. The summed E-state index contributed by atoms with van der Waals surface area (Å²) in [4.78, 5) is 0. The SMILES string of the molecule is C[Si](C)(C)c1cccc(-c2ccc(-c3ccc(-c4ccc(-c5ccc6sc7ccccc7c6c5)cc4)cc3)cc2)c1. The molecule has 0 nitrogen and oxygen atoms in total. The number of benzene rings is 6. The molecule has 7 aromatic rings. The Morgan fingerprint density at radius 1 is 0.366 bits per heavy atom. The lowest BCUT2D eigenvalue weighted by Crippen LogP contribution is -2.37. The van der Waals surface area contributed by atoms with Crippen molar-refractivity contribution in [3.05, 3.63) is 140 Å². The van der Waals surface area contributed by atoms with Gasteiger partial charge in [0.25, 0.3) is 0 Å². The van der Waals surface area contributed by atoms with Crippen molar-refractivity contribution < 1.29 is 0 Å². The van der Waals surface area contributed by atoms with Crippen LogP contribution in [0.25, 0.3) is 64.7 Å². The second kappa shape index (κ2) is 10.3. The van der Waals surface area contributed by atoms with Crippen molar-refractivity contribution in [2.24, 2.45) is 0 Å². The molecule has 7 rings (SSSR count). The van der Waals surface area contributed by atoms with Gasteiger partial charge in [0.1, 0.15) is 0 Å². The molecule has 1 heterocycles. The second-order valence-corrected chi connectivity index (χ2v) is 18.0. The minimum Gasteiger partial charge on any atom is -0.135 e. The average molecular weight is 561 g/mol. The minimum atomic E-state index is -1.33. The molecule has 6 aromatic carbocycles. The van der Waals surface area contributed by atoms with Crippen molar-refractivity contribution >= 4 is 44.8 Å². The monoisotopic (exact) mass is 560 g/mol. The Balaban J connectivity index is 1.10. The lowest BCUT2D eigenvalue weighted by molar-refractivity contribution is 1.57. The van der Waals surface area contributed by atoms with E-state index in [-0.39, 0.29) is 0 Å². The van der Waals surface area contributed by atoms with Gasteiger partial charge in [-0.05, 0) is 62.7 Å². The maximum atomic E-state index is 2.40. The number of rotatable bonds is 5. The summed E-state index contributed by atoms with van der Waals surface area (Å²) in [7, 11) is -1.33. The molecular formula is C39H32SSi. The van der Waals surface area contributed by atoms with Crippen molar-refractivity contribution in [3.8, 4) is 44.5 Å². The van der Waals surface area contributed by atoms with Crippen LogP contribution in [-0.4, -0.2) is 8.07 Å². The summed E-state index contributed by atoms with van der Waals surface area (Å²) < 4.78 is 2.69. The van der Waals surface area contributed by atoms with E-state index in [0.29, 0.717) is 0 Å². The summed E-state index contributed by atoms with van der Waals surface area (Å²) in [5.41, 5.74) is 10.0. The quantitative estimate of drug-likeness (QED) is 0.184. The average Bonchev–Trinajstić information content (AvgIpc) is 3.39. The van der Waals surface area contributed by atoms with Gasteiger partial charge in [-0.15, -0.1) is 11.3 Å². The highest BCUT2D eigenvalue weighted by molar-refractivity contribution is 7.25. The molecule has 0 N–H and O–H groups in total. The Hall–Kier alpha value is -4.24. The molecule has 0 bridgehead atoms. The van der Waals surface area contributed by atoms with E-state index in [4.69, 9.17) is 0 Å². The molecule has 0 radical (unpaired) electrons. The highest BCUT2D eigenvalue weighted by Crippen LogP contribution is 2.36. The Labute approximate surface area is 247 Å². The van der Waals surface area contributed by atoms with Crippen LogP contribution in [0.5, 0.6) is 0 Å². The van der Waals surface area contributed by atoms with Gasteiger partial charge in [0.15, 0.2) is 0 Å². The molecule has 41 heavy (non-hydrogen) atoms. The van der Waals surface area contributed by atoms with Crippen LogP contribution in [0.1, 0.15) is 0 Å². The largest absolute Gasteiger partial charge is 0.135 e. The summed E-state index contributed by atoms with van der Waals surface area (Å²) in [6.45, 7) is 7.21. The van der Waals surface area contributed by atoms with Crippen LogP contribution in [0.3, 0.4) is 0 Å². The third-order valence-corrected chi connectivity index (χ3v) is 11.3. The van der Waals surface area contributed by atoms with Crippen LogP contribution in [0, 0.1) is 0 Å². The third-order valence-electron chi connectivity index (χ3n) is 8.09. The van der Waals surface area contributed by atoms with Crippen LogP contribution >= 0.6 is 11.3 Å². The smallest absolute Gasteiger partial charge is 0.0776 e. The molecule has 1 aromatic heterocycles. The second-order valence-electron chi connectivity index (χ2n) is 11.9. The first-order valence-electron chi connectivity index (χ1n) is 14.3. The first-order valence-corrected chi connectivity index (χ1v) is 18.6. The molecule has 0 aliphatic carbocycles. The first-order chi connectivity index (χ1) is 19.9. The topological polar surface area (TPSA) is 0 Å². The number of hydrogen-bond donors (Lipinski definition) is 0. The molecule has 0 amide bonds. The van der Waals surface area contributed by atoms with Gasteiger partial charge < -0.3 is 0 Å². The summed E-state index contributed by atoms with van der Waals surface area (Å²) >= 11 is 1.87. The van der Waals surface area contributed by atoms with E-state index in [0.717, 1.165) is 0 Å². The lowest BCUT2D eigenvalue weighted by Gasteiger charge is -2.17. The van der Waals surface area contributed by atoms with E-state index in [9.17, 15) is 0 Å². The van der Waals surface area contributed by atoms with Crippen LogP contribution in [0.2, 0.25) is 19.6 Å². The molecule has 0 aliphatic heterocycles. The Bertz CT molecular complexity index is 1990. The van der Waals surface area contributed by atoms with Crippen molar-refractivity contribution in [1.82, 2.24) is 0 Å². The molecule has 198 valence electrons. The number of hydrogen-bond acceptors (Lipinski definition) is 1. The van der Waals surface area contributed by atoms with Gasteiger partial charge in [-0.1, -0.05) is 146 Å². The van der Waals surface area contributed by atoms with Crippen LogP contribution in [0.15, 0.2) is 140 Å². The minimum absolute atomic E-state index is 1.24. The van der Waals surface area contributed by atoms with E-state index >= 15 is 0 Å². The van der Waals surface area contributed by atoms with Crippen LogP contribution in [0.4, 0.5) is 0 Å². The zero-order valence-electron chi connectivity index (χ0n) is 23.7. The van der Waals surface area contributed by atoms with E-state index in [2.05, 4.69) is 159 Å². The van der Waals surface area contributed by atoms with Gasteiger partial charge in [0.05, 0.1) is 8.07 Å². The maximum Gasteiger partial charge on any atom is 0.0776 e. The molecule has 0 saturated heterocycles. The van der Waals surface area contributed by atoms with Gasteiger partial charge >= 0.3 is 0 Å². The van der Waals surface area contributed by atoms with Crippen LogP contribution in [-0.2, 0) is 0 Å². The molecule has 0 saturated carbocycles. The third kappa shape index (κ3) is 5.06. The number of thiophene rings is 1. The van der Waals surface area contributed by atoms with E-state index in [1.165, 1.54) is 69.9 Å². The summed E-state index contributed by atoms with van der Waals surface area (Å²) in [5.74, 6) is 0. The van der Waals surface area contributed by atoms with Gasteiger partial charge in [0, 0.05) is 20.2 Å². The summed E-state index contributed by atoms with van der Waals surface area (Å²) in [5, 5.41) is 4.19. The molecule has 0 unspecified atom stereocenters. The fourth-order valence-corrected chi connectivity index (χ4v) is 7.91. The van der Waals surface area contributed by atoms with E-state index < -0.39 is 8.07 Å². The van der Waals surface area contributed by atoms with Gasteiger partial charge in [-0.2, -0.15) is 0 Å². The first kappa shape index (κ1) is 25.7. The van der Waals surface area contributed by atoms with E-state index in [1.54, 1.807) is 0 Å². The highest BCUT2D eigenvalue weighted by Gasteiger charge is 2.16. The molecule has 0 spiro atoms. The van der Waals surface area contributed by atoms with Crippen molar-refractivity contribution in [2.45, 2.75) is 19.6 Å². The molecule has 0 fully saturated rings.